The maximum Gasteiger partial charge on any atom is 0.409 e. The van der Waals surface area contributed by atoms with Crippen LogP contribution in [-0.2, 0) is 16.1 Å². The molecule has 0 saturated carbocycles. The van der Waals surface area contributed by atoms with Crippen LogP contribution in [0.5, 0.6) is 0 Å². The third-order valence-corrected chi connectivity index (χ3v) is 5.69. The van der Waals surface area contributed by atoms with Crippen molar-refractivity contribution < 1.29 is 24.2 Å². The number of rotatable bonds is 12. The monoisotopic (exact) mass is 505 g/mol. The maximum atomic E-state index is 13.1. The number of anilines is 1. The summed E-state index contributed by atoms with van der Waals surface area (Å²) in [6.45, 7) is 0.450. The fourth-order valence-electron chi connectivity index (χ4n) is 3.73. The highest BCUT2D eigenvalue weighted by atomic mass is 16.5. The summed E-state index contributed by atoms with van der Waals surface area (Å²) in [6.07, 6.45) is 4.76. The minimum absolute atomic E-state index is 0.0557. The zero-order valence-electron chi connectivity index (χ0n) is 19.9. The number of carboxylic acid groups (broad SMARTS) is 1. The van der Waals surface area contributed by atoms with Crippen molar-refractivity contribution in [1.29, 1.82) is 0 Å². The van der Waals surface area contributed by atoms with E-state index in [1.807, 2.05) is 6.07 Å². The number of hydrogen-bond acceptors (Lipinski definition) is 7. The Balaban J connectivity index is 1.46. The molecule has 192 valence electrons. The van der Waals surface area contributed by atoms with Crippen molar-refractivity contribution in [2.24, 2.45) is 0 Å². The van der Waals surface area contributed by atoms with Crippen LogP contribution in [0.3, 0.4) is 0 Å². The Morgan fingerprint density at radius 3 is 2.65 bits per heavy atom. The SMILES string of the molecule is O=C(NC(CCCCNc1ncc[nH]1)(NC(=O)c1ccc2cn[nH]c2c1)C(=O)O)OCc1ccccc1. The molecular weight excluding hydrogens is 478 g/mol. The number of ether oxygens (including phenoxy) is 1. The Kier molecular flexibility index (Phi) is 7.98. The predicted molar refractivity (Wildman–Crippen MR) is 135 cm³/mol. The van der Waals surface area contributed by atoms with Crippen LogP contribution in [-0.4, -0.2) is 55.4 Å². The molecule has 12 nitrogen and oxygen atoms in total. The molecular formula is C25H27N7O5. The van der Waals surface area contributed by atoms with Crippen LogP contribution in [0.1, 0.15) is 35.2 Å². The number of benzene rings is 2. The third-order valence-electron chi connectivity index (χ3n) is 5.69. The Hall–Kier alpha value is -4.87. The summed E-state index contributed by atoms with van der Waals surface area (Å²) in [5.74, 6) is -1.50. The standard InChI is InChI=1S/C25H27N7O5/c33-21(18-8-9-19-15-29-32-20(19)14-18)30-25(22(34)35,10-4-5-11-26-23-27-12-13-28-23)31-24(36)37-16-17-6-2-1-3-7-17/h1-3,6-9,12-15H,4-5,10-11,16H2,(H,29,32)(H,30,33)(H,31,36)(H,34,35)(H2,26,27,28). The Bertz CT molecular complexity index is 1340. The number of carboxylic acids is 1. The molecule has 0 bridgehead atoms. The zero-order chi connectivity index (χ0) is 26.1. The number of nitrogens with zero attached hydrogens (tertiary/aromatic N) is 2. The molecule has 2 heterocycles. The van der Waals surface area contributed by atoms with Crippen LogP contribution >= 0.6 is 0 Å². The average molecular weight is 506 g/mol. The van der Waals surface area contributed by atoms with Crippen LogP contribution < -0.4 is 16.0 Å². The fraction of sp³-hybridized carbons (Fsp3) is 0.240. The molecule has 0 radical (unpaired) electrons. The van der Waals surface area contributed by atoms with Crippen molar-refractivity contribution in [3.05, 3.63) is 78.2 Å². The lowest BCUT2D eigenvalue weighted by molar-refractivity contribution is -0.146. The van der Waals surface area contributed by atoms with Crippen molar-refractivity contribution in [1.82, 2.24) is 30.8 Å². The van der Waals surface area contributed by atoms with Crippen molar-refractivity contribution in [3.8, 4) is 0 Å². The van der Waals surface area contributed by atoms with E-state index in [9.17, 15) is 19.5 Å². The number of unbranched alkanes of at least 4 members (excludes halogenated alkanes) is 1. The topological polar surface area (TPSA) is 174 Å². The lowest BCUT2D eigenvalue weighted by atomic mass is 10.0. The molecule has 0 saturated heterocycles. The summed E-state index contributed by atoms with van der Waals surface area (Å²) in [4.78, 5) is 45.2. The molecule has 1 atom stereocenters. The van der Waals surface area contributed by atoms with Crippen molar-refractivity contribution in [2.45, 2.75) is 31.5 Å². The molecule has 6 N–H and O–H groups in total. The number of carbonyl (C=O) groups excluding carboxylic acids is 2. The molecule has 0 aliphatic rings. The van der Waals surface area contributed by atoms with Gasteiger partial charge in [-0.05, 0) is 30.5 Å². The first-order chi connectivity index (χ1) is 17.9. The van der Waals surface area contributed by atoms with Crippen LogP contribution in [0, 0.1) is 0 Å². The molecule has 0 fully saturated rings. The van der Waals surface area contributed by atoms with E-state index >= 15 is 0 Å². The van der Waals surface area contributed by atoms with E-state index in [-0.39, 0.29) is 18.6 Å². The molecule has 2 aromatic heterocycles. The molecule has 0 aliphatic heterocycles. The Morgan fingerprint density at radius 1 is 1.05 bits per heavy atom. The number of aliphatic carboxylic acids is 1. The first kappa shape index (κ1) is 25.2. The number of nitrogens with one attached hydrogen (secondary N) is 5. The summed E-state index contributed by atoms with van der Waals surface area (Å²) >= 11 is 0. The molecule has 2 amide bonds. The van der Waals surface area contributed by atoms with Crippen molar-refractivity contribution >= 4 is 34.8 Å². The van der Waals surface area contributed by atoms with Crippen LogP contribution in [0.4, 0.5) is 10.7 Å². The number of fused-ring (bicyclic) bond motifs is 1. The first-order valence-electron chi connectivity index (χ1n) is 11.7. The van der Waals surface area contributed by atoms with Crippen LogP contribution in [0.2, 0.25) is 0 Å². The second kappa shape index (κ2) is 11.7. The number of hydrogen-bond donors (Lipinski definition) is 6. The van der Waals surface area contributed by atoms with Gasteiger partial charge in [-0.25, -0.2) is 14.6 Å². The smallest absolute Gasteiger partial charge is 0.409 e. The van der Waals surface area contributed by atoms with E-state index < -0.39 is 23.6 Å². The van der Waals surface area contributed by atoms with E-state index in [1.165, 1.54) is 0 Å². The van der Waals surface area contributed by atoms with E-state index in [2.05, 4.69) is 36.1 Å². The number of amides is 2. The quantitative estimate of drug-likeness (QED) is 0.126. The first-order valence-corrected chi connectivity index (χ1v) is 11.7. The molecule has 1 unspecified atom stereocenters. The highest BCUT2D eigenvalue weighted by Gasteiger charge is 2.42. The molecule has 0 spiro atoms. The number of carbonyl (C=O) groups is 3. The summed E-state index contributed by atoms with van der Waals surface area (Å²) in [6, 6.07) is 13.8. The number of aromatic amines is 2. The number of H-pyrrole nitrogens is 2. The van der Waals surface area contributed by atoms with Gasteiger partial charge in [0.2, 0.25) is 5.66 Å². The fourth-order valence-corrected chi connectivity index (χ4v) is 3.73. The van der Waals surface area contributed by atoms with E-state index in [4.69, 9.17) is 4.74 Å². The van der Waals surface area contributed by atoms with Crippen molar-refractivity contribution in [3.63, 3.8) is 0 Å². The molecule has 4 rings (SSSR count). The lowest BCUT2D eigenvalue weighted by Gasteiger charge is -2.31. The lowest BCUT2D eigenvalue weighted by Crippen LogP contribution is -2.65. The van der Waals surface area contributed by atoms with Gasteiger partial charge in [0.15, 0.2) is 5.95 Å². The average Bonchev–Trinajstić information content (AvgIpc) is 3.59. The van der Waals surface area contributed by atoms with Gasteiger partial charge in [0, 0.05) is 36.3 Å². The van der Waals surface area contributed by atoms with E-state index in [0.29, 0.717) is 30.9 Å². The maximum absolute atomic E-state index is 13.1. The second-order valence-corrected chi connectivity index (χ2v) is 8.35. The van der Waals surface area contributed by atoms with Gasteiger partial charge in [-0.15, -0.1) is 0 Å². The molecule has 4 aromatic rings. The minimum atomic E-state index is -2.10. The number of imidazole rings is 1. The zero-order valence-corrected chi connectivity index (χ0v) is 19.9. The summed E-state index contributed by atoms with van der Waals surface area (Å²) in [5.41, 5.74) is -0.535. The normalized spacial score (nSPS) is 12.4. The molecule has 2 aromatic carbocycles. The van der Waals surface area contributed by atoms with Gasteiger partial charge in [0.05, 0.1) is 11.7 Å². The summed E-state index contributed by atoms with van der Waals surface area (Å²) in [5, 5.41) is 25.6. The van der Waals surface area contributed by atoms with Crippen molar-refractivity contribution in [2.75, 3.05) is 11.9 Å². The van der Waals surface area contributed by atoms with Gasteiger partial charge in [0.1, 0.15) is 6.61 Å². The molecule has 0 aliphatic carbocycles. The van der Waals surface area contributed by atoms with Gasteiger partial charge in [-0.3, -0.25) is 15.2 Å². The minimum Gasteiger partial charge on any atom is -0.478 e. The van der Waals surface area contributed by atoms with Crippen LogP contribution in [0.15, 0.2) is 67.1 Å². The second-order valence-electron chi connectivity index (χ2n) is 8.35. The Morgan fingerprint density at radius 2 is 1.89 bits per heavy atom. The van der Waals surface area contributed by atoms with E-state index in [1.54, 1.807) is 61.1 Å². The highest BCUT2D eigenvalue weighted by Crippen LogP contribution is 2.17. The van der Waals surface area contributed by atoms with E-state index in [0.717, 1.165) is 10.9 Å². The number of aromatic nitrogens is 4. The van der Waals surface area contributed by atoms with Gasteiger partial charge in [0.25, 0.3) is 5.91 Å². The van der Waals surface area contributed by atoms with Gasteiger partial charge in [-0.2, -0.15) is 5.10 Å². The molecule has 37 heavy (non-hydrogen) atoms. The third kappa shape index (κ3) is 6.63. The van der Waals surface area contributed by atoms with Crippen LogP contribution in [0.25, 0.3) is 10.9 Å². The summed E-state index contributed by atoms with van der Waals surface area (Å²) < 4.78 is 5.24. The van der Waals surface area contributed by atoms with Gasteiger partial charge in [-0.1, -0.05) is 36.4 Å². The number of alkyl carbamates (subject to hydrolysis) is 1. The largest absolute Gasteiger partial charge is 0.478 e. The summed E-state index contributed by atoms with van der Waals surface area (Å²) in [7, 11) is 0. The Labute approximate surface area is 211 Å². The van der Waals surface area contributed by atoms with Gasteiger partial charge < -0.3 is 25.5 Å². The predicted octanol–water partition coefficient (Wildman–Crippen LogP) is 3.01. The van der Waals surface area contributed by atoms with Gasteiger partial charge >= 0.3 is 12.1 Å². The highest BCUT2D eigenvalue weighted by molar-refractivity contribution is 6.00. The molecule has 12 heteroatoms.